The Bertz CT molecular complexity index is 718. The van der Waals surface area contributed by atoms with Gasteiger partial charge in [0.1, 0.15) is 5.69 Å². The molecule has 0 saturated carbocycles. The first-order chi connectivity index (χ1) is 9.16. The van der Waals surface area contributed by atoms with E-state index in [9.17, 15) is 0 Å². The van der Waals surface area contributed by atoms with E-state index >= 15 is 0 Å². The number of thiophene rings is 1. The number of aryl methyl sites for hydroxylation is 1. The molecule has 0 radical (unpaired) electrons. The van der Waals surface area contributed by atoms with E-state index in [0.29, 0.717) is 16.5 Å². The normalized spacial score (nSPS) is 10.8. The number of nitrogens with zero attached hydrogens (tertiary/aromatic N) is 3. The van der Waals surface area contributed by atoms with Crippen LogP contribution in [-0.4, -0.2) is 15.0 Å². The molecule has 0 aliphatic heterocycles. The largest absolute Gasteiger partial charge is 0.382 e. The van der Waals surface area contributed by atoms with E-state index in [2.05, 4.69) is 10.3 Å². The van der Waals surface area contributed by atoms with Crippen LogP contribution in [0.4, 0.5) is 5.82 Å². The summed E-state index contributed by atoms with van der Waals surface area (Å²) in [6.07, 6.45) is 0. The van der Waals surface area contributed by atoms with Crippen molar-refractivity contribution in [3.05, 3.63) is 46.3 Å². The summed E-state index contributed by atoms with van der Waals surface area (Å²) in [5.74, 6) is 0.516. The Labute approximate surface area is 119 Å². The number of nitrogen functional groups attached to an aromatic ring is 1. The molecule has 6 heteroatoms. The van der Waals surface area contributed by atoms with Gasteiger partial charge in [-0.25, -0.2) is 0 Å². The zero-order chi connectivity index (χ0) is 13.4. The third-order valence-electron chi connectivity index (χ3n) is 2.86. The van der Waals surface area contributed by atoms with Gasteiger partial charge < -0.3 is 5.73 Å². The maximum Gasteiger partial charge on any atom is 0.156 e. The van der Waals surface area contributed by atoms with Gasteiger partial charge in [-0.05, 0) is 36.1 Å². The Morgan fingerprint density at radius 2 is 2.16 bits per heavy atom. The van der Waals surface area contributed by atoms with Crippen LogP contribution in [0.1, 0.15) is 5.56 Å². The van der Waals surface area contributed by atoms with Crippen LogP contribution in [0.2, 0.25) is 5.02 Å². The number of anilines is 1. The summed E-state index contributed by atoms with van der Waals surface area (Å²) < 4.78 is 1.60. The molecule has 3 aromatic rings. The Morgan fingerprint density at radius 1 is 1.32 bits per heavy atom. The fourth-order valence-corrected chi connectivity index (χ4v) is 2.67. The Hall–Kier alpha value is -1.85. The van der Waals surface area contributed by atoms with Crippen LogP contribution >= 0.6 is 22.9 Å². The monoisotopic (exact) mass is 290 g/mol. The molecule has 4 nitrogen and oxygen atoms in total. The van der Waals surface area contributed by atoms with Crippen molar-refractivity contribution in [2.75, 3.05) is 5.73 Å². The molecule has 2 N–H and O–H groups in total. The number of aromatic nitrogens is 3. The van der Waals surface area contributed by atoms with Crippen LogP contribution in [0, 0.1) is 6.92 Å². The van der Waals surface area contributed by atoms with Crippen LogP contribution in [0.15, 0.2) is 35.7 Å². The molecule has 2 aromatic heterocycles. The minimum Gasteiger partial charge on any atom is -0.382 e. The molecule has 0 spiro atoms. The number of hydrogen-bond donors (Lipinski definition) is 1. The average molecular weight is 291 g/mol. The number of nitrogens with two attached hydrogens (primary N) is 1. The first-order valence-corrected chi connectivity index (χ1v) is 6.94. The van der Waals surface area contributed by atoms with Crippen LogP contribution in [-0.2, 0) is 0 Å². The first-order valence-electron chi connectivity index (χ1n) is 5.68. The van der Waals surface area contributed by atoms with Crippen molar-refractivity contribution in [3.63, 3.8) is 0 Å². The van der Waals surface area contributed by atoms with Crippen molar-refractivity contribution in [2.24, 2.45) is 0 Å². The van der Waals surface area contributed by atoms with Gasteiger partial charge in [-0.3, -0.25) is 0 Å². The smallest absolute Gasteiger partial charge is 0.156 e. The number of halogens is 1. The summed E-state index contributed by atoms with van der Waals surface area (Å²) in [5, 5.41) is 10.9. The van der Waals surface area contributed by atoms with Gasteiger partial charge in [-0.1, -0.05) is 28.9 Å². The number of rotatable bonds is 2. The molecule has 0 atom stereocenters. The van der Waals surface area contributed by atoms with Crippen molar-refractivity contribution in [1.29, 1.82) is 0 Å². The van der Waals surface area contributed by atoms with Crippen molar-refractivity contribution in [2.45, 2.75) is 6.92 Å². The predicted octanol–water partition coefficient (Wildman–Crippen LogP) is 3.54. The van der Waals surface area contributed by atoms with E-state index in [0.717, 1.165) is 16.1 Å². The van der Waals surface area contributed by atoms with Gasteiger partial charge in [0, 0.05) is 5.02 Å². The van der Waals surface area contributed by atoms with Gasteiger partial charge in [0.15, 0.2) is 5.82 Å². The molecule has 3 rings (SSSR count). The molecule has 0 aliphatic carbocycles. The van der Waals surface area contributed by atoms with Crippen molar-refractivity contribution in [1.82, 2.24) is 15.0 Å². The van der Waals surface area contributed by atoms with Gasteiger partial charge >= 0.3 is 0 Å². The van der Waals surface area contributed by atoms with Gasteiger partial charge in [-0.15, -0.1) is 16.4 Å². The fraction of sp³-hybridized carbons (Fsp3) is 0.0769. The lowest BCUT2D eigenvalue weighted by Crippen LogP contribution is -2.02. The fourth-order valence-electron chi connectivity index (χ4n) is 1.78. The molecule has 0 aliphatic rings. The van der Waals surface area contributed by atoms with Gasteiger partial charge in [0.2, 0.25) is 0 Å². The third kappa shape index (κ3) is 2.11. The molecular weight excluding hydrogens is 280 g/mol. The lowest BCUT2D eigenvalue weighted by Gasteiger charge is -2.05. The summed E-state index contributed by atoms with van der Waals surface area (Å²) in [6, 6.07) is 9.62. The third-order valence-corrected chi connectivity index (χ3v) is 4.14. The molecule has 0 saturated heterocycles. The van der Waals surface area contributed by atoms with E-state index < -0.39 is 0 Å². The zero-order valence-electron chi connectivity index (χ0n) is 10.2. The molecule has 0 bridgehead atoms. The molecular formula is C13H11ClN4S. The summed E-state index contributed by atoms with van der Waals surface area (Å²) in [4.78, 5) is 1.00. The predicted molar refractivity (Wildman–Crippen MR) is 78.8 cm³/mol. The quantitative estimate of drug-likeness (QED) is 0.785. The van der Waals surface area contributed by atoms with E-state index in [4.69, 9.17) is 17.3 Å². The molecule has 19 heavy (non-hydrogen) atoms. The van der Waals surface area contributed by atoms with Crippen LogP contribution in [0.3, 0.4) is 0 Å². The van der Waals surface area contributed by atoms with Crippen molar-refractivity contribution < 1.29 is 0 Å². The van der Waals surface area contributed by atoms with Gasteiger partial charge in [-0.2, -0.15) is 4.68 Å². The molecule has 2 heterocycles. The molecule has 0 unspecified atom stereocenters. The highest BCUT2D eigenvalue weighted by atomic mass is 35.5. The standard InChI is InChI=1S/C13H11ClN4S/c1-8-4-5-9(7-10(8)14)18-13(15)12(16-17-18)11-3-2-6-19-11/h2-7H,15H2,1H3. The highest BCUT2D eigenvalue weighted by molar-refractivity contribution is 7.13. The van der Waals surface area contributed by atoms with Crippen LogP contribution in [0.5, 0.6) is 0 Å². The molecule has 1 aromatic carbocycles. The Kier molecular flexibility index (Phi) is 3.00. The average Bonchev–Trinajstić information content (AvgIpc) is 3.02. The minimum absolute atomic E-state index is 0.516. The second-order valence-electron chi connectivity index (χ2n) is 4.15. The van der Waals surface area contributed by atoms with Crippen molar-refractivity contribution >= 4 is 28.8 Å². The SMILES string of the molecule is Cc1ccc(-n2nnc(-c3cccs3)c2N)cc1Cl. The number of hydrogen-bond acceptors (Lipinski definition) is 4. The van der Waals surface area contributed by atoms with E-state index in [1.165, 1.54) is 0 Å². The first kappa shape index (κ1) is 12.2. The highest BCUT2D eigenvalue weighted by Crippen LogP contribution is 2.29. The van der Waals surface area contributed by atoms with Crippen LogP contribution in [0.25, 0.3) is 16.3 Å². The Morgan fingerprint density at radius 3 is 2.84 bits per heavy atom. The zero-order valence-corrected chi connectivity index (χ0v) is 11.7. The molecule has 96 valence electrons. The van der Waals surface area contributed by atoms with E-state index in [1.54, 1.807) is 16.0 Å². The molecule has 0 fully saturated rings. The molecule has 0 amide bonds. The lowest BCUT2D eigenvalue weighted by molar-refractivity contribution is 0.810. The van der Waals surface area contributed by atoms with Gasteiger partial charge in [0.05, 0.1) is 10.6 Å². The highest BCUT2D eigenvalue weighted by Gasteiger charge is 2.14. The maximum atomic E-state index is 6.12. The summed E-state index contributed by atoms with van der Waals surface area (Å²) in [7, 11) is 0. The van der Waals surface area contributed by atoms with Crippen molar-refractivity contribution in [3.8, 4) is 16.3 Å². The Balaban J connectivity index is 2.09. The number of benzene rings is 1. The van der Waals surface area contributed by atoms with Crippen LogP contribution < -0.4 is 5.73 Å². The topological polar surface area (TPSA) is 56.7 Å². The lowest BCUT2D eigenvalue weighted by atomic mass is 10.2. The summed E-state index contributed by atoms with van der Waals surface area (Å²) in [6.45, 7) is 1.95. The minimum atomic E-state index is 0.516. The maximum absolute atomic E-state index is 6.12. The summed E-state index contributed by atoms with van der Waals surface area (Å²) in [5.41, 5.74) is 8.64. The van der Waals surface area contributed by atoms with E-state index in [1.807, 2.05) is 42.6 Å². The second kappa shape index (κ2) is 4.68. The van der Waals surface area contributed by atoms with Gasteiger partial charge in [0.25, 0.3) is 0 Å². The summed E-state index contributed by atoms with van der Waals surface area (Å²) >= 11 is 7.70. The van der Waals surface area contributed by atoms with E-state index in [-0.39, 0.29) is 0 Å². The second-order valence-corrected chi connectivity index (χ2v) is 5.50.